The van der Waals surface area contributed by atoms with Crippen LogP contribution in [0.25, 0.3) is 0 Å². The summed E-state index contributed by atoms with van der Waals surface area (Å²) in [6.45, 7) is 5.25. The molecule has 0 saturated heterocycles. The van der Waals surface area contributed by atoms with Crippen molar-refractivity contribution in [3.05, 3.63) is 0 Å². The van der Waals surface area contributed by atoms with E-state index in [1.165, 1.54) is 366 Å². The Hall–Kier alpha value is -0.530. The number of hydrogen-bond donors (Lipinski definition) is 0. The van der Waals surface area contributed by atoms with Crippen molar-refractivity contribution >= 4 is 5.97 Å². The van der Waals surface area contributed by atoms with E-state index >= 15 is 0 Å². The third kappa shape index (κ3) is 61.5. The van der Waals surface area contributed by atoms with E-state index in [9.17, 15) is 4.79 Å². The Morgan fingerprint density at radius 1 is 0.197 bits per heavy atom. The standard InChI is InChI=1S/C64H128O2/c1-3-5-7-9-11-13-15-17-19-21-23-25-27-29-31-33-35-37-39-41-43-45-47-49-51-53-55-57-59-61-63-66-64(65)62-60-58-56-54-52-50-48-46-44-42-40-38-36-34-32-30-28-26-24-22-20-18-16-14-12-10-8-6-4-2/h3-63H2,1-2H3. The first-order valence-corrected chi connectivity index (χ1v) is 32.0. The molecule has 0 aromatic heterocycles. The van der Waals surface area contributed by atoms with Crippen molar-refractivity contribution in [1.29, 1.82) is 0 Å². The summed E-state index contributed by atoms with van der Waals surface area (Å²) < 4.78 is 5.53. The molecule has 66 heavy (non-hydrogen) atoms. The molecule has 2 heteroatoms. The number of hydrogen-bond acceptors (Lipinski definition) is 2. The molecule has 0 bridgehead atoms. The summed E-state index contributed by atoms with van der Waals surface area (Å²) in [5, 5.41) is 0. The predicted molar refractivity (Wildman–Crippen MR) is 299 cm³/mol. The largest absolute Gasteiger partial charge is 0.466 e. The highest BCUT2D eigenvalue weighted by Gasteiger charge is 2.04. The SMILES string of the molecule is CCCCCCCCCCCCCCCCCCCCCCCCCCCCCCCCOC(=O)CCCCCCCCCCCCCCCCCCCCCCCCCCCCCCC. The number of unbranched alkanes of at least 4 members (excludes halogenated alkanes) is 57. The number of carbonyl (C=O) groups excluding carboxylic acids is 1. The third-order valence-electron chi connectivity index (χ3n) is 15.2. The summed E-state index contributed by atoms with van der Waals surface area (Å²) in [5.41, 5.74) is 0. The van der Waals surface area contributed by atoms with Gasteiger partial charge in [0.05, 0.1) is 6.61 Å². The highest BCUT2D eigenvalue weighted by atomic mass is 16.5. The average molecular weight is 930 g/mol. The first-order valence-electron chi connectivity index (χ1n) is 32.0. The zero-order chi connectivity index (χ0) is 47.4. The van der Waals surface area contributed by atoms with Crippen LogP contribution in [0.1, 0.15) is 399 Å². The quantitative estimate of drug-likeness (QED) is 0.0449. The molecular weight excluding hydrogens is 801 g/mol. The van der Waals surface area contributed by atoms with Gasteiger partial charge in [-0.1, -0.05) is 380 Å². The van der Waals surface area contributed by atoms with Crippen molar-refractivity contribution in [3.63, 3.8) is 0 Å². The van der Waals surface area contributed by atoms with Gasteiger partial charge in [-0.05, 0) is 12.8 Å². The van der Waals surface area contributed by atoms with Gasteiger partial charge in [0.1, 0.15) is 0 Å². The summed E-state index contributed by atoms with van der Waals surface area (Å²) in [4.78, 5) is 12.1. The molecule has 0 atom stereocenters. The average Bonchev–Trinajstić information content (AvgIpc) is 3.32. The van der Waals surface area contributed by atoms with Gasteiger partial charge in [0.25, 0.3) is 0 Å². The highest BCUT2D eigenvalue weighted by molar-refractivity contribution is 5.69. The summed E-state index contributed by atoms with van der Waals surface area (Å²) in [7, 11) is 0. The summed E-state index contributed by atoms with van der Waals surface area (Å²) in [5.74, 6) is 0.0374. The van der Waals surface area contributed by atoms with Crippen LogP contribution in [0.5, 0.6) is 0 Å². The van der Waals surface area contributed by atoms with Crippen molar-refractivity contribution in [2.24, 2.45) is 0 Å². The number of esters is 1. The minimum Gasteiger partial charge on any atom is -0.466 e. The second kappa shape index (κ2) is 62.5. The Bertz CT molecular complexity index is 837. The lowest BCUT2D eigenvalue weighted by Crippen LogP contribution is -2.05. The Labute approximate surface area is 419 Å². The van der Waals surface area contributed by atoms with Gasteiger partial charge in [0.15, 0.2) is 0 Å². The van der Waals surface area contributed by atoms with E-state index in [-0.39, 0.29) is 5.97 Å². The smallest absolute Gasteiger partial charge is 0.305 e. The maximum Gasteiger partial charge on any atom is 0.305 e. The fraction of sp³-hybridized carbons (Fsp3) is 0.984. The topological polar surface area (TPSA) is 26.3 Å². The first kappa shape index (κ1) is 65.5. The molecule has 0 amide bonds. The van der Waals surface area contributed by atoms with Crippen LogP contribution in [-0.2, 0) is 9.53 Å². The lowest BCUT2D eigenvalue weighted by atomic mass is 10.0. The van der Waals surface area contributed by atoms with Crippen molar-refractivity contribution < 1.29 is 9.53 Å². The number of rotatable bonds is 61. The maximum atomic E-state index is 12.1. The summed E-state index contributed by atoms with van der Waals surface area (Å²) in [6.07, 6.45) is 84.7. The van der Waals surface area contributed by atoms with E-state index in [2.05, 4.69) is 13.8 Å². The van der Waals surface area contributed by atoms with Crippen molar-refractivity contribution in [3.8, 4) is 0 Å². The van der Waals surface area contributed by atoms with E-state index in [1.807, 2.05) is 0 Å². The summed E-state index contributed by atoms with van der Waals surface area (Å²) >= 11 is 0. The number of ether oxygens (including phenoxy) is 1. The van der Waals surface area contributed by atoms with Gasteiger partial charge in [-0.15, -0.1) is 0 Å². The van der Waals surface area contributed by atoms with E-state index in [1.54, 1.807) is 0 Å². The van der Waals surface area contributed by atoms with E-state index < -0.39 is 0 Å². The van der Waals surface area contributed by atoms with Gasteiger partial charge >= 0.3 is 5.97 Å². The molecule has 0 aromatic carbocycles. The molecule has 0 saturated carbocycles. The highest BCUT2D eigenvalue weighted by Crippen LogP contribution is 2.19. The zero-order valence-corrected chi connectivity index (χ0v) is 46.5. The van der Waals surface area contributed by atoms with Gasteiger partial charge in [0.2, 0.25) is 0 Å². The van der Waals surface area contributed by atoms with Crippen LogP contribution in [0.4, 0.5) is 0 Å². The second-order valence-electron chi connectivity index (χ2n) is 22.1. The molecule has 396 valence electrons. The fourth-order valence-corrected chi connectivity index (χ4v) is 10.5. The van der Waals surface area contributed by atoms with E-state index in [0.29, 0.717) is 13.0 Å². The Morgan fingerprint density at radius 2 is 0.333 bits per heavy atom. The monoisotopic (exact) mass is 929 g/mol. The van der Waals surface area contributed by atoms with Gasteiger partial charge in [-0.3, -0.25) is 4.79 Å². The second-order valence-corrected chi connectivity index (χ2v) is 22.1. The molecule has 0 heterocycles. The molecule has 0 spiro atoms. The normalized spacial score (nSPS) is 11.6. The molecule has 0 aromatic rings. The maximum absolute atomic E-state index is 12.1. The van der Waals surface area contributed by atoms with E-state index in [4.69, 9.17) is 4.74 Å². The van der Waals surface area contributed by atoms with Gasteiger partial charge in [0, 0.05) is 6.42 Å². The fourth-order valence-electron chi connectivity index (χ4n) is 10.5. The Balaban J connectivity index is 3.14. The molecular formula is C64H128O2. The summed E-state index contributed by atoms with van der Waals surface area (Å²) in [6, 6.07) is 0. The molecule has 0 aliphatic rings. The van der Waals surface area contributed by atoms with E-state index in [0.717, 1.165) is 12.8 Å². The lowest BCUT2D eigenvalue weighted by Gasteiger charge is -2.06. The van der Waals surface area contributed by atoms with Crippen molar-refractivity contribution in [1.82, 2.24) is 0 Å². The molecule has 0 aliphatic carbocycles. The molecule has 0 N–H and O–H groups in total. The van der Waals surface area contributed by atoms with Gasteiger partial charge in [-0.2, -0.15) is 0 Å². The zero-order valence-electron chi connectivity index (χ0n) is 46.5. The van der Waals surface area contributed by atoms with Crippen molar-refractivity contribution in [2.75, 3.05) is 6.61 Å². The minimum absolute atomic E-state index is 0.0374. The van der Waals surface area contributed by atoms with Gasteiger partial charge in [-0.25, -0.2) is 0 Å². The van der Waals surface area contributed by atoms with Gasteiger partial charge < -0.3 is 4.74 Å². The molecule has 0 rings (SSSR count). The van der Waals surface area contributed by atoms with Crippen LogP contribution in [0.3, 0.4) is 0 Å². The Morgan fingerprint density at radius 3 is 0.500 bits per heavy atom. The van der Waals surface area contributed by atoms with Crippen LogP contribution in [0, 0.1) is 0 Å². The Kier molecular flexibility index (Phi) is 62.0. The molecule has 0 unspecified atom stereocenters. The van der Waals surface area contributed by atoms with Crippen molar-refractivity contribution in [2.45, 2.75) is 399 Å². The molecule has 2 nitrogen and oxygen atoms in total. The molecule has 0 radical (unpaired) electrons. The van der Waals surface area contributed by atoms with Crippen LogP contribution in [0.2, 0.25) is 0 Å². The van der Waals surface area contributed by atoms with Crippen LogP contribution in [-0.4, -0.2) is 12.6 Å². The van der Waals surface area contributed by atoms with Crippen LogP contribution in [0.15, 0.2) is 0 Å². The van der Waals surface area contributed by atoms with Crippen LogP contribution < -0.4 is 0 Å². The first-order chi connectivity index (χ1) is 32.8. The minimum atomic E-state index is 0.0374. The van der Waals surface area contributed by atoms with Crippen LogP contribution >= 0.6 is 0 Å². The predicted octanol–water partition coefficient (Wildman–Crippen LogP) is 24.0. The number of carbonyl (C=O) groups is 1. The molecule has 0 aliphatic heterocycles. The third-order valence-corrected chi connectivity index (χ3v) is 15.2. The molecule has 0 fully saturated rings. The lowest BCUT2D eigenvalue weighted by molar-refractivity contribution is -0.143.